The fraction of sp³-hybridized carbons (Fsp3) is 0.156. The van der Waals surface area contributed by atoms with Gasteiger partial charge >= 0.3 is 0 Å². The number of hydrogen-bond acceptors (Lipinski definition) is 7. The van der Waals surface area contributed by atoms with E-state index in [4.69, 9.17) is 24.7 Å². The topological polar surface area (TPSA) is 92.4 Å². The molecule has 0 atom stereocenters. The van der Waals surface area contributed by atoms with Gasteiger partial charge in [0.05, 0.1) is 26.5 Å². The number of nitrogens with two attached hydrogens (primary N) is 1. The van der Waals surface area contributed by atoms with E-state index in [0.717, 1.165) is 45.6 Å². The number of aliphatic imine (C=N–C) groups is 1. The molecule has 52 heavy (non-hydrogen) atoms. The van der Waals surface area contributed by atoms with Gasteiger partial charge in [-0.25, -0.2) is 0 Å². The summed E-state index contributed by atoms with van der Waals surface area (Å²) in [6.07, 6.45) is 0. The predicted molar refractivity (Wildman–Crippen MR) is 211 cm³/mol. The van der Waals surface area contributed by atoms with Crippen molar-refractivity contribution in [2.45, 2.75) is 21.3 Å². The minimum Gasteiger partial charge on any atom is -0.497 e. The summed E-state index contributed by atoms with van der Waals surface area (Å²) in [7, 11) is 3.26. The second kappa shape index (κ2) is 19.3. The molecule has 0 aliphatic rings. The molecule has 0 saturated heterocycles. The van der Waals surface area contributed by atoms with Crippen molar-refractivity contribution in [1.29, 1.82) is 0 Å². The minimum absolute atomic E-state index is 0. The number of ether oxygens (including phenoxy) is 4. The number of carbonyl (C=O) groups excluding carboxylic acids is 1. The Hall–Kier alpha value is -6.18. The van der Waals surface area contributed by atoms with Crippen molar-refractivity contribution in [2.75, 3.05) is 27.3 Å². The van der Waals surface area contributed by atoms with Gasteiger partial charge in [0.1, 0.15) is 34.5 Å². The second-order valence-corrected chi connectivity index (χ2v) is 11.7. The molecule has 0 aromatic heterocycles. The molecular formula is C45H46N2O5. The van der Waals surface area contributed by atoms with Crippen LogP contribution in [0.1, 0.15) is 45.6 Å². The molecule has 0 saturated carbocycles. The van der Waals surface area contributed by atoms with Crippen molar-refractivity contribution in [3.8, 4) is 34.5 Å². The van der Waals surface area contributed by atoms with Crippen LogP contribution in [-0.2, 0) is 0 Å². The molecule has 6 aromatic rings. The first-order chi connectivity index (χ1) is 24.8. The van der Waals surface area contributed by atoms with Crippen LogP contribution in [0.3, 0.4) is 0 Å². The number of benzene rings is 6. The van der Waals surface area contributed by atoms with Gasteiger partial charge in [-0.1, -0.05) is 42.8 Å². The van der Waals surface area contributed by atoms with Crippen molar-refractivity contribution >= 4 is 11.5 Å². The van der Waals surface area contributed by atoms with Crippen molar-refractivity contribution in [3.05, 3.63) is 179 Å². The molecule has 0 heterocycles. The van der Waals surface area contributed by atoms with Gasteiger partial charge in [-0.3, -0.25) is 9.79 Å². The van der Waals surface area contributed by atoms with Crippen LogP contribution < -0.4 is 24.7 Å². The van der Waals surface area contributed by atoms with E-state index in [1.54, 1.807) is 62.8 Å². The van der Waals surface area contributed by atoms with E-state index >= 15 is 0 Å². The number of methoxy groups -OCH3 is 2. The molecule has 0 fully saturated rings. The van der Waals surface area contributed by atoms with E-state index in [2.05, 4.69) is 11.9 Å². The lowest BCUT2D eigenvalue weighted by Gasteiger charge is -2.10. The summed E-state index contributed by atoms with van der Waals surface area (Å²) in [5.74, 6) is 4.60. The first-order valence-corrected chi connectivity index (χ1v) is 16.6. The largest absolute Gasteiger partial charge is 0.497 e. The molecule has 6 aromatic carbocycles. The highest BCUT2D eigenvalue weighted by Gasteiger charge is 2.10. The summed E-state index contributed by atoms with van der Waals surface area (Å²) < 4.78 is 22.0. The molecule has 0 amide bonds. The Morgan fingerprint density at radius 1 is 0.481 bits per heavy atom. The molecule has 7 heteroatoms. The molecule has 0 radical (unpaired) electrons. The van der Waals surface area contributed by atoms with Gasteiger partial charge in [0, 0.05) is 28.8 Å². The van der Waals surface area contributed by atoms with Crippen LogP contribution in [0.2, 0.25) is 0 Å². The van der Waals surface area contributed by atoms with Gasteiger partial charge in [-0.2, -0.15) is 0 Å². The maximum Gasteiger partial charge on any atom is 0.193 e. The highest BCUT2D eigenvalue weighted by molar-refractivity contribution is 6.13. The van der Waals surface area contributed by atoms with E-state index in [1.807, 2.05) is 104 Å². The lowest BCUT2D eigenvalue weighted by atomic mass is 10.0. The zero-order valence-electron chi connectivity index (χ0n) is 29.3. The Labute approximate surface area is 307 Å². The van der Waals surface area contributed by atoms with Crippen LogP contribution in [0, 0.1) is 13.8 Å². The fourth-order valence-electron chi connectivity index (χ4n) is 5.02. The van der Waals surface area contributed by atoms with Crippen LogP contribution in [0.4, 0.5) is 0 Å². The lowest BCUT2D eigenvalue weighted by Crippen LogP contribution is -2.09. The van der Waals surface area contributed by atoms with Crippen LogP contribution in [0.15, 0.2) is 151 Å². The predicted octanol–water partition coefficient (Wildman–Crippen LogP) is 10.3. The summed E-state index contributed by atoms with van der Waals surface area (Å²) in [5.41, 5.74) is 12.2. The number of carbonyl (C=O) groups is 1. The lowest BCUT2D eigenvalue weighted by molar-refractivity contribution is 0.103. The molecule has 0 aliphatic heterocycles. The molecule has 0 unspecified atom stereocenters. The van der Waals surface area contributed by atoms with E-state index in [-0.39, 0.29) is 13.2 Å². The van der Waals surface area contributed by atoms with Gasteiger partial charge in [0.2, 0.25) is 0 Å². The van der Waals surface area contributed by atoms with Gasteiger partial charge in [-0.15, -0.1) is 0 Å². The normalized spacial score (nSPS) is 10.6. The summed E-state index contributed by atoms with van der Waals surface area (Å²) in [5, 5.41) is 0. The Morgan fingerprint density at radius 3 is 1.08 bits per heavy atom. The molecular weight excluding hydrogens is 649 g/mol. The summed E-state index contributed by atoms with van der Waals surface area (Å²) in [6, 6.07) is 45.9. The average Bonchev–Trinajstić information content (AvgIpc) is 3.18. The van der Waals surface area contributed by atoms with Crippen molar-refractivity contribution < 1.29 is 23.7 Å². The van der Waals surface area contributed by atoms with Gasteiger partial charge in [0.25, 0.3) is 0 Å². The molecule has 266 valence electrons. The van der Waals surface area contributed by atoms with E-state index in [9.17, 15) is 4.79 Å². The number of rotatable bonds is 12. The molecule has 2 N–H and O–H groups in total. The number of ketones is 1. The summed E-state index contributed by atoms with van der Waals surface area (Å²) in [4.78, 5) is 17.1. The van der Waals surface area contributed by atoms with Crippen LogP contribution in [0.5, 0.6) is 34.5 Å². The zero-order valence-corrected chi connectivity index (χ0v) is 29.3. The first kappa shape index (κ1) is 38.6. The van der Waals surface area contributed by atoms with Gasteiger partial charge in [-0.05, 0) is 135 Å². The van der Waals surface area contributed by atoms with Crippen LogP contribution >= 0.6 is 0 Å². The fourth-order valence-corrected chi connectivity index (χ4v) is 5.02. The molecule has 0 aliphatic carbocycles. The Morgan fingerprint density at radius 2 is 0.769 bits per heavy atom. The maximum absolute atomic E-state index is 12.5. The SMILES string of the molecule is C.COc1ccc(C(=NCCN)c2ccc(Oc3ccc(C)cc3)cc2)cc1.COc1ccc(C(=O)c2ccc(Oc3ccc(C)cc3)cc2)cc1. The number of hydrogen-bond donors (Lipinski definition) is 1. The molecule has 6 rings (SSSR count). The van der Waals surface area contributed by atoms with E-state index < -0.39 is 0 Å². The first-order valence-electron chi connectivity index (χ1n) is 16.6. The highest BCUT2D eigenvalue weighted by atomic mass is 16.5. The third-order valence-electron chi connectivity index (χ3n) is 7.87. The number of nitrogens with zero attached hydrogens (tertiary/aromatic N) is 1. The van der Waals surface area contributed by atoms with Crippen LogP contribution in [0.25, 0.3) is 0 Å². The maximum atomic E-state index is 12.5. The average molecular weight is 695 g/mol. The van der Waals surface area contributed by atoms with E-state index in [1.165, 1.54) is 11.1 Å². The third-order valence-corrected chi connectivity index (χ3v) is 7.87. The third kappa shape index (κ3) is 10.9. The quantitative estimate of drug-likeness (QED) is 0.101. The van der Waals surface area contributed by atoms with Crippen molar-refractivity contribution in [2.24, 2.45) is 10.7 Å². The second-order valence-electron chi connectivity index (χ2n) is 11.7. The monoisotopic (exact) mass is 694 g/mol. The molecule has 0 bridgehead atoms. The Bertz CT molecular complexity index is 2000. The van der Waals surface area contributed by atoms with Crippen LogP contribution in [-0.4, -0.2) is 38.8 Å². The van der Waals surface area contributed by atoms with Gasteiger partial charge in [0.15, 0.2) is 5.78 Å². The van der Waals surface area contributed by atoms with E-state index in [0.29, 0.717) is 30.0 Å². The van der Waals surface area contributed by atoms with Gasteiger partial charge < -0.3 is 24.7 Å². The molecule has 0 spiro atoms. The zero-order chi connectivity index (χ0) is 36.0. The standard InChI is InChI=1S/C23H24N2O2.C21H18O3.CH4/c1-17-3-9-21(10-4-17)27-22-13-7-19(8-14-22)23(25-16-15-24)18-5-11-20(26-2)12-6-18;1-15-3-9-19(10-4-15)24-20-13-7-17(8-14-20)21(22)16-5-11-18(23-2)12-6-16;/h3-14H,15-16,24H2,1-2H3;3-14H,1-2H3;1H4. The smallest absolute Gasteiger partial charge is 0.193 e. The minimum atomic E-state index is -0.0282. The summed E-state index contributed by atoms with van der Waals surface area (Å²) in [6.45, 7) is 5.17. The number of aryl methyl sites for hydroxylation is 2. The van der Waals surface area contributed by atoms with Crippen molar-refractivity contribution in [3.63, 3.8) is 0 Å². The Kier molecular flexibility index (Phi) is 14.3. The van der Waals surface area contributed by atoms with Crippen molar-refractivity contribution in [1.82, 2.24) is 0 Å². The summed E-state index contributed by atoms with van der Waals surface area (Å²) >= 11 is 0. The Balaban J connectivity index is 0.000000230. The highest BCUT2D eigenvalue weighted by Crippen LogP contribution is 2.25. The molecule has 7 nitrogen and oxygen atoms in total.